The van der Waals surface area contributed by atoms with E-state index in [0.717, 1.165) is 16.3 Å². The molecule has 0 heterocycles. The van der Waals surface area contributed by atoms with Gasteiger partial charge in [-0.1, -0.05) is 42.5 Å². The van der Waals surface area contributed by atoms with Crippen molar-refractivity contribution in [2.75, 3.05) is 6.54 Å². The molecular weight excluding hydrogens is 372 g/mol. The van der Waals surface area contributed by atoms with E-state index in [2.05, 4.69) is 10.6 Å². The molecule has 7 heteroatoms. The van der Waals surface area contributed by atoms with Gasteiger partial charge in [0.05, 0.1) is 0 Å². The van der Waals surface area contributed by atoms with Gasteiger partial charge in [-0.15, -0.1) is 0 Å². The predicted molar refractivity (Wildman–Crippen MR) is 111 cm³/mol. The first-order valence-electron chi connectivity index (χ1n) is 9.61. The molecule has 0 saturated carbocycles. The lowest BCUT2D eigenvalue weighted by Crippen LogP contribution is -2.42. The second-order valence-electron chi connectivity index (χ2n) is 7.86. The zero-order valence-corrected chi connectivity index (χ0v) is 17.0. The summed E-state index contributed by atoms with van der Waals surface area (Å²) in [6.45, 7) is 5.29. The number of amides is 2. The number of carbonyl (C=O) groups is 3. The van der Waals surface area contributed by atoms with Crippen LogP contribution in [0.3, 0.4) is 0 Å². The van der Waals surface area contributed by atoms with Gasteiger partial charge in [0.2, 0.25) is 5.91 Å². The standard InChI is InChI=1S/C22H28N2O5/c1-22(2,3)29-21(28)23-13-12-19(25)24-18(20(26)27)11-9-15-8-10-16-6-4-5-7-17(16)14-15/h4-8,10,14,18H,9,11-13H2,1-3H3,(H,23,28)(H,24,25)(H,26,27)/t18-/m1/s1. The Labute approximate surface area is 170 Å². The molecule has 0 unspecified atom stereocenters. The summed E-state index contributed by atoms with van der Waals surface area (Å²) in [5, 5.41) is 16.6. The van der Waals surface area contributed by atoms with Crippen molar-refractivity contribution in [2.45, 2.75) is 51.7 Å². The number of nitrogens with one attached hydrogen (secondary N) is 2. The third-order valence-electron chi connectivity index (χ3n) is 4.19. The van der Waals surface area contributed by atoms with Crippen molar-refractivity contribution in [3.05, 3.63) is 48.0 Å². The number of hydrogen-bond acceptors (Lipinski definition) is 4. The molecule has 0 aliphatic rings. The molecule has 156 valence electrons. The van der Waals surface area contributed by atoms with Gasteiger partial charge in [-0.3, -0.25) is 4.79 Å². The summed E-state index contributed by atoms with van der Waals surface area (Å²) in [6, 6.07) is 13.0. The largest absolute Gasteiger partial charge is 0.480 e. The minimum absolute atomic E-state index is 0.0288. The second-order valence-corrected chi connectivity index (χ2v) is 7.86. The lowest BCUT2D eigenvalue weighted by Gasteiger charge is -2.19. The molecule has 0 bridgehead atoms. The number of ether oxygens (including phenoxy) is 1. The van der Waals surface area contributed by atoms with Crippen LogP contribution in [0.25, 0.3) is 10.8 Å². The smallest absolute Gasteiger partial charge is 0.407 e. The number of fused-ring (bicyclic) bond motifs is 1. The summed E-state index contributed by atoms with van der Waals surface area (Å²) in [4.78, 5) is 35.1. The molecule has 2 aromatic rings. The van der Waals surface area contributed by atoms with Crippen LogP contribution in [0, 0.1) is 0 Å². The highest BCUT2D eigenvalue weighted by Crippen LogP contribution is 2.17. The topological polar surface area (TPSA) is 105 Å². The first-order chi connectivity index (χ1) is 13.6. The molecule has 29 heavy (non-hydrogen) atoms. The fourth-order valence-electron chi connectivity index (χ4n) is 2.82. The molecule has 2 amide bonds. The minimum Gasteiger partial charge on any atom is -0.480 e. The molecule has 0 radical (unpaired) electrons. The van der Waals surface area contributed by atoms with Crippen LogP contribution in [-0.4, -0.2) is 41.3 Å². The average molecular weight is 400 g/mol. The molecule has 0 aromatic heterocycles. The number of carboxylic acids is 1. The number of aryl methyl sites for hydroxylation is 1. The molecule has 2 rings (SSSR count). The lowest BCUT2D eigenvalue weighted by atomic mass is 10.0. The second kappa shape index (κ2) is 9.91. The summed E-state index contributed by atoms with van der Waals surface area (Å²) in [7, 11) is 0. The van der Waals surface area contributed by atoms with Crippen LogP contribution in [-0.2, 0) is 20.7 Å². The molecule has 0 aliphatic carbocycles. The summed E-state index contributed by atoms with van der Waals surface area (Å²) in [5.41, 5.74) is 0.388. The molecule has 0 spiro atoms. The molecular formula is C22H28N2O5. The number of alkyl carbamates (subject to hydrolysis) is 1. The van der Waals surface area contributed by atoms with Crippen molar-refractivity contribution in [1.82, 2.24) is 10.6 Å². The Hall–Kier alpha value is -3.09. The fourth-order valence-corrected chi connectivity index (χ4v) is 2.82. The molecule has 2 aromatic carbocycles. The Morgan fingerprint density at radius 1 is 1.07 bits per heavy atom. The van der Waals surface area contributed by atoms with E-state index in [1.165, 1.54) is 0 Å². The predicted octanol–water partition coefficient (Wildman–Crippen LogP) is 3.26. The van der Waals surface area contributed by atoms with Gasteiger partial charge < -0.3 is 20.5 Å². The van der Waals surface area contributed by atoms with Gasteiger partial charge in [0, 0.05) is 13.0 Å². The van der Waals surface area contributed by atoms with Crippen molar-refractivity contribution in [2.24, 2.45) is 0 Å². The zero-order valence-electron chi connectivity index (χ0n) is 17.0. The van der Waals surface area contributed by atoms with Gasteiger partial charge in [0.25, 0.3) is 0 Å². The van der Waals surface area contributed by atoms with E-state index in [9.17, 15) is 19.5 Å². The summed E-state index contributed by atoms with van der Waals surface area (Å²) in [5.74, 6) is -1.52. The maximum atomic E-state index is 12.0. The number of carboxylic acid groups (broad SMARTS) is 1. The first-order valence-corrected chi connectivity index (χ1v) is 9.61. The SMILES string of the molecule is CC(C)(C)OC(=O)NCCC(=O)N[C@H](CCc1ccc2ccccc2c1)C(=O)O. The van der Waals surface area contributed by atoms with E-state index < -0.39 is 29.6 Å². The Morgan fingerprint density at radius 2 is 1.76 bits per heavy atom. The van der Waals surface area contributed by atoms with Crippen LogP contribution < -0.4 is 10.6 Å². The van der Waals surface area contributed by atoms with Gasteiger partial charge in [-0.25, -0.2) is 9.59 Å². The number of rotatable bonds is 8. The highest BCUT2D eigenvalue weighted by molar-refractivity contribution is 5.84. The summed E-state index contributed by atoms with van der Waals surface area (Å²) < 4.78 is 5.08. The molecule has 0 saturated heterocycles. The maximum Gasteiger partial charge on any atom is 0.407 e. The van der Waals surface area contributed by atoms with Crippen molar-refractivity contribution in [3.8, 4) is 0 Å². The maximum absolute atomic E-state index is 12.0. The van der Waals surface area contributed by atoms with Gasteiger partial charge in [-0.05, 0) is 49.9 Å². The third-order valence-corrected chi connectivity index (χ3v) is 4.19. The third kappa shape index (κ3) is 7.81. The van der Waals surface area contributed by atoms with Crippen LogP contribution in [0.2, 0.25) is 0 Å². The summed E-state index contributed by atoms with van der Waals surface area (Å²) in [6.07, 6.45) is 0.159. The zero-order chi connectivity index (χ0) is 21.4. The van der Waals surface area contributed by atoms with E-state index in [0.29, 0.717) is 6.42 Å². The number of benzene rings is 2. The number of carbonyl (C=O) groups excluding carboxylic acids is 2. The number of aliphatic carboxylic acids is 1. The van der Waals surface area contributed by atoms with Crippen LogP contribution >= 0.6 is 0 Å². The molecule has 0 fully saturated rings. The quantitative estimate of drug-likeness (QED) is 0.631. The van der Waals surface area contributed by atoms with E-state index in [-0.39, 0.29) is 19.4 Å². The first kappa shape index (κ1) is 22.2. The fraction of sp³-hybridized carbons (Fsp3) is 0.409. The molecule has 1 atom stereocenters. The highest BCUT2D eigenvalue weighted by Gasteiger charge is 2.20. The monoisotopic (exact) mass is 400 g/mol. The van der Waals surface area contributed by atoms with Crippen molar-refractivity contribution >= 4 is 28.7 Å². The van der Waals surface area contributed by atoms with E-state index in [1.807, 2.05) is 42.5 Å². The van der Waals surface area contributed by atoms with E-state index in [4.69, 9.17) is 4.74 Å². The average Bonchev–Trinajstić information content (AvgIpc) is 2.63. The van der Waals surface area contributed by atoms with Crippen LogP contribution in [0.4, 0.5) is 4.79 Å². The minimum atomic E-state index is -1.08. The molecule has 7 nitrogen and oxygen atoms in total. The van der Waals surface area contributed by atoms with Crippen molar-refractivity contribution in [3.63, 3.8) is 0 Å². The van der Waals surface area contributed by atoms with Crippen LogP contribution in [0.5, 0.6) is 0 Å². The lowest BCUT2D eigenvalue weighted by molar-refractivity contribution is -0.142. The van der Waals surface area contributed by atoms with Gasteiger partial charge in [0.1, 0.15) is 11.6 Å². The van der Waals surface area contributed by atoms with Crippen LogP contribution in [0.15, 0.2) is 42.5 Å². The van der Waals surface area contributed by atoms with Gasteiger partial charge in [0.15, 0.2) is 0 Å². The van der Waals surface area contributed by atoms with Gasteiger partial charge in [-0.2, -0.15) is 0 Å². The Kier molecular flexibility index (Phi) is 7.59. The number of hydrogen-bond donors (Lipinski definition) is 3. The van der Waals surface area contributed by atoms with Crippen LogP contribution in [0.1, 0.15) is 39.2 Å². The normalized spacial score (nSPS) is 12.2. The molecule has 0 aliphatic heterocycles. The Bertz CT molecular complexity index is 873. The van der Waals surface area contributed by atoms with Crippen molar-refractivity contribution in [1.29, 1.82) is 0 Å². The summed E-state index contributed by atoms with van der Waals surface area (Å²) >= 11 is 0. The molecule has 3 N–H and O–H groups in total. The Morgan fingerprint density at radius 3 is 2.41 bits per heavy atom. The van der Waals surface area contributed by atoms with Crippen molar-refractivity contribution < 1.29 is 24.2 Å². The van der Waals surface area contributed by atoms with Gasteiger partial charge >= 0.3 is 12.1 Å². The van der Waals surface area contributed by atoms with E-state index in [1.54, 1.807) is 20.8 Å². The van der Waals surface area contributed by atoms with E-state index >= 15 is 0 Å². The Balaban J connectivity index is 1.82. The highest BCUT2D eigenvalue weighted by atomic mass is 16.6.